The average molecular weight is 367 g/mol. The van der Waals surface area contributed by atoms with Crippen LogP contribution in [0, 0.1) is 0 Å². The third-order valence-electron chi connectivity index (χ3n) is 3.91. The van der Waals surface area contributed by atoms with E-state index >= 15 is 0 Å². The quantitative estimate of drug-likeness (QED) is 0.389. The fourth-order valence-electron chi connectivity index (χ4n) is 2.60. The number of imide groups is 1. The van der Waals surface area contributed by atoms with Crippen molar-refractivity contribution in [1.29, 1.82) is 0 Å². The molecule has 0 bridgehead atoms. The summed E-state index contributed by atoms with van der Waals surface area (Å²) in [6.07, 6.45) is 3.44. The van der Waals surface area contributed by atoms with Crippen molar-refractivity contribution in [3.63, 3.8) is 0 Å². The molecule has 1 saturated heterocycles. The Morgan fingerprint density at radius 1 is 1.33 bits per heavy atom. The van der Waals surface area contributed by atoms with Gasteiger partial charge in [-0.15, -0.1) is 0 Å². The lowest BCUT2D eigenvalue weighted by atomic mass is 9.87. The van der Waals surface area contributed by atoms with Crippen LogP contribution in [0.4, 0.5) is 4.79 Å². The number of thiocarbonyl (C=S) groups is 1. The van der Waals surface area contributed by atoms with E-state index in [4.69, 9.17) is 12.2 Å². The number of hydrazine groups is 1. The van der Waals surface area contributed by atoms with Gasteiger partial charge in [0.1, 0.15) is 5.54 Å². The Morgan fingerprint density at radius 2 is 2.04 bits per heavy atom. The van der Waals surface area contributed by atoms with Crippen molar-refractivity contribution in [3.05, 3.63) is 35.9 Å². The van der Waals surface area contributed by atoms with Gasteiger partial charge in [-0.25, -0.2) is 4.79 Å². The Kier molecular flexibility index (Phi) is 6.44. The van der Waals surface area contributed by atoms with Crippen LogP contribution in [-0.4, -0.2) is 40.6 Å². The van der Waals surface area contributed by atoms with Crippen LogP contribution < -0.4 is 16.1 Å². The van der Waals surface area contributed by atoms with Gasteiger partial charge >= 0.3 is 6.03 Å². The number of rotatable bonds is 7. The Balaban J connectivity index is 2.07. The lowest BCUT2D eigenvalue weighted by molar-refractivity contribution is -0.133. The predicted octanol–water partition coefficient (Wildman–Crippen LogP) is 1.98. The number of thioether (sulfide) groups is 1. The smallest absolute Gasteiger partial charge is 0.344 e. The fraction of sp³-hybridized carbons (Fsp3) is 0.438. The lowest BCUT2D eigenvalue weighted by Crippen LogP contribution is -2.51. The van der Waals surface area contributed by atoms with Crippen molar-refractivity contribution in [2.75, 3.05) is 18.6 Å². The van der Waals surface area contributed by atoms with Crippen LogP contribution >= 0.6 is 24.0 Å². The minimum atomic E-state index is -1.06. The van der Waals surface area contributed by atoms with Crippen molar-refractivity contribution >= 4 is 41.0 Å². The molecule has 1 heterocycles. The Labute approximate surface area is 151 Å². The van der Waals surface area contributed by atoms with Crippen LogP contribution in [0.2, 0.25) is 0 Å². The highest BCUT2D eigenvalue weighted by atomic mass is 32.2. The molecular weight excluding hydrogens is 344 g/mol. The van der Waals surface area contributed by atoms with Crippen molar-refractivity contribution in [2.24, 2.45) is 0 Å². The van der Waals surface area contributed by atoms with E-state index in [2.05, 4.69) is 16.1 Å². The van der Waals surface area contributed by atoms with E-state index in [1.54, 1.807) is 11.8 Å². The summed E-state index contributed by atoms with van der Waals surface area (Å²) in [6.45, 7) is 2.56. The van der Waals surface area contributed by atoms with Crippen LogP contribution in [0.5, 0.6) is 0 Å². The van der Waals surface area contributed by atoms with Crippen molar-refractivity contribution in [3.8, 4) is 0 Å². The molecule has 3 amide bonds. The third kappa shape index (κ3) is 3.81. The number of hydrogen-bond acceptors (Lipinski definition) is 4. The molecule has 24 heavy (non-hydrogen) atoms. The minimum Gasteiger partial charge on any atom is -0.361 e. The molecule has 1 aliphatic rings. The number of carbonyl (C=O) groups excluding carboxylic acids is 2. The van der Waals surface area contributed by atoms with Crippen LogP contribution in [0.25, 0.3) is 0 Å². The van der Waals surface area contributed by atoms with Crippen LogP contribution in [0.15, 0.2) is 30.3 Å². The van der Waals surface area contributed by atoms with Gasteiger partial charge in [-0.05, 0) is 42.6 Å². The molecule has 0 radical (unpaired) electrons. The summed E-state index contributed by atoms with van der Waals surface area (Å²) in [5.41, 5.74) is 2.40. The first-order valence-electron chi connectivity index (χ1n) is 7.81. The molecule has 2 rings (SSSR count). The van der Waals surface area contributed by atoms with Gasteiger partial charge in [-0.1, -0.05) is 37.3 Å². The van der Waals surface area contributed by atoms with Gasteiger partial charge in [0.25, 0.3) is 5.91 Å². The summed E-state index contributed by atoms with van der Waals surface area (Å²) in [6, 6.07) is 8.74. The maximum atomic E-state index is 12.9. The number of amides is 3. The topological polar surface area (TPSA) is 73.5 Å². The molecule has 1 fully saturated rings. The molecule has 3 N–H and O–H groups in total. The molecule has 1 aliphatic heterocycles. The molecular formula is C16H22N4O2S2. The SMILES string of the molecule is CC[C@@]1(c2ccccc2)NC(=O)N(NC(=S)NCCCSC)C1=O. The largest absolute Gasteiger partial charge is 0.361 e. The summed E-state index contributed by atoms with van der Waals surface area (Å²) in [5, 5.41) is 7.03. The summed E-state index contributed by atoms with van der Waals surface area (Å²) >= 11 is 6.93. The van der Waals surface area contributed by atoms with E-state index in [9.17, 15) is 9.59 Å². The first-order valence-corrected chi connectivity index (χ1v) is 9.61. The molecule has 1 atom stereocenters. The van der Waals surface area contributed by atoms with Gasteiger partial charge in [-0.3, -0.25) is 10.2 Å². The highest BCUT2D eigenvalue weighted by Gasteiger charge is 2.51. The van der Waals surface area contributed by atoms with Crippen LogP contribution in [0.1, 0.15) is 25.3 Å². The monoisotopic (exact) mass is 366 g/mol. The molecule has 0 aliphatic carbocycles. The molecule has 8 heteroatoms. The zero-order valence-electron chi connectivity index (χ0n) is 13.8. The predicted molar refractivity (Wildman–Crippen MR) is 101 cm³/mol. The number of hydrogen-bond donors (Lipinski definition) is 3. The van der Waals surface area contributed by atoms with E-state index < -0.39 is 11.6 Å². The first-order chi connectivity index (χ1) is 11.5. The van der Waals surface area contributed by atoms with E-state index in [1.165, 1.54) is 0 Å². The molecule has 1 aromatic rings. The lowest BCUT2D eigenvalue weighted by Gasteiger charge is -2.25. The van der Waals surface area contributed by atoms with E-state index in [1.807, 2.05) is 43.5 Å². The number of carbonyl (C=O) groups is 2. The van der Waals surface area contributed by atoms with Gasteiger partial charge in [0.2, 0.25) is 0 Å². The van der Waals surface area contributed by atoms with Crippen LogP contribution in [-0.2, 0) is 10.3 Å². The molecule has 6 nitrogen and oxygen atoms in total. The van der Waals surface area contributed by atoms with Crippen molar-refractivity contribution in [2.45, 2.75) is 25.3 Å². The Morgan fingerprint density at radius 3 is 2.67 bits per heavy atom. The molecule has 0 unspecified atom stereocenters. The van der Waals surface area contributed by atoms with Gasteiger partial charge in [0, 0.05) is 6.54 Å². The second kappa shape index (κ2) is 8.34. The van der Waals surface area contributed by atoms with Gasteiger partial charge < -0.3 is 10.6 Å². The zero-order valence-corrected chi connectivity index (χ0v) is 15.4. The van der Waals surface area contributed by atoms with Gasteiger partial charge in [-0.2, -0.15) is 16.8 Å². The second-order valence-electron chi connectivity index (χ2n) is 5.41. The molecule has 0 spiro atoms. The summed E-state index contributed by atoms with van der Waals surface area (Å²) in [7, 11) is 0. The Bertz CT molecular complexity index is 611. The number of urea groups is 1. The maximum absolute atomic E-state index is 12.9. The minimum absolute atomic E-state index is 0.263. The second-order valence-corrected chi connectivity index (χ2v) is 6.80. The van der Waals surface area contributed by atoms with Crippen LogP contribution in [0.3, 0.4) is 0 Å². The van der Waals surface area contributed by atoms with Crippen molar-refractivity contribution in [1.82, 2.24) is 21.1 Å². The van der Waals surface area contributed by atoms with Gasteiger partial charge in [0.15, 0.2) is 5.11 Å². The van der Waals surface area contributed by atoms with E-state index in [-0.39, 0.29) is 11.0 Å². The highest BCUT2D eigenvalue weighted by molar-refractivity contribution is 7.98. The zero-order chi connectivity index (χ0) is 17.6. The summed E-state index contributed by atoms with van der Waals surface area (Å²) in [4.78, 5) is 25.2. The van der Waals surface area contributed by atoms with E-state index in [0.717, 1.165) is 22.7 Å². The molecule has 1 aromatic carbocycles. The molecule has 0 saturated carbocycles. The Hall–Kier alpha value is -1.80. The third-order valence-corrected chi connectivity index (χ3v) is 4.85. The fourth-order valence-corrected chi connectivity index (χ4v) is 3.22. The first kappa shape index (κ1) is 18.5. The number of nitrogens with one attached hydrogen (secondary N) is 3. The summed E-state index contributed by atoms with van der Waals surface area (Å²) in [5.74, 6) is 0.667. The van der Waals surface area contributed by atoms with E-state index in [0.29, 0.717) is 13.0 Å². The number of nitrogens with zero attached hydrogens (tertiary/aromatic N) is 1. The normalized spacial score (nSPS) is 20.0. The van der Waals surface area contributed by atoms with Crippen molar-refractivity contribution < 1.29 is 9.59 Å². The standard InChI is InChI=1S/C16H22N4O2S2/c1-3-16(12-8-5-4-6-9-12)13(21)20(15(22)18-16)19-14(23)17-10-7-11-24-2/h4-6,8-9H,3,7,10-11H2,1-2H3,(H,18,22)(H2,17,19,23)/t16-/m0/s1. The number of benzene rings is 1. The highest BCUT2D eigenvalue weighted by Crippen LogP contribution is 2.31. The maximum Gasteiger partial charge on any atom is 0.344 e. The summed E-state index contributed by atoms with van der Waals surface area (Å²) < 4.78 is 0. The van der Waals surface area contributed by atoms with Gasteiger partial charge in [0.05, 0.1) is 0 Å². The molecule has 0 aromatic heterocycles. The average Bonchev–Trinajstić information content (AvgIpc) is 2.84. The molecule has 130 valence electrons.